The average Bonchev–Trinajstić information content (AvgIpc) is 2.66. The Morgan fingerprint density at radius 1 is 1.47 bits per heavy atom. The van der Waals surface area contributed by atoms with Crippen LogP contribution in [0.4, 0.5) is 13.2 Å². The van der Waals surface area contributed by atoms with Crippen molar-refractivity contribution in [2.24, 2.45) is 0 Å². The number of alkyl halides is 3. The zero-order valence-corrected chi connectivity index (χ0v) is 11.2. The first-order valence-electron chi connectivity index (χ1n) is 5.77. The lowest BCUT2D eigenvalue weighted by atomic mass is 10.2. The highest BCUT2D eigenvalue weighted by Crippen LogP contribution is 2.19. The fourth-order valence-electron chi connectivity index (χ4n) is 1.90. The first-order valence-corrected chi connectivity index (χ1v) is 5.77. The van der Waals surface area contributed by atoms with Crippen molar-refractivity contribution < 1.29 is 17.7 Å². The molecule has 0 amide bonds. The third kappa shape index (κ3) is 4.96. The van der Waals surface area contributed by atoms with Crippen molar-refractivity contribution in [3.05, 3.63) is 11.7 Å². The Bertz CT molecular complexity index is 398. The van der Waals surface area contributed by atoms with E-state index in [2.05, 4.69) is 20.4 Å². The highest BCUT2D eigenvalue weighted by Gasteiger charge is 2.31. The van der Waals surface area contributed by atoms with Gasteiger partial charge in [0.05, 0.1) is 6.54 Å². The van der Waals surface area contributed by atoms with E-state index in [4.69, 9.17) is 4.52 Å². The zero-order chi connectivity index (χ0) is 13.2. The van der Waals surface area contributed by atoms with E-state index >= 15 is 0 Å². The minimum Gasteiger partial charge on any atom is -0.338 e. The molecule has 0 unspecified atom stereocenters. The minimum atomic E-state index is -4.30. The summed E-state index contributed by atoms with van der Waals surface area (Å²) in [6.07, 6.45) is -5.45. The summed E-state index contributed by atoms with van der Waals surface area (Å²) < 4.78 is 41.2. The number of nitrogens with zero attached hydrogens (tertiary/aromatic N) is 3. The maximum atomic E-state index is 12.1. The first-order chi connectivity index (χ1) is 8.44. The number of hydrogen-bond acceptors (Lipinski definition) is 5. The Hall–Kier alpha value is -0.860. The van der Waals surface area contributed by atoms with Gasteiger partial charge in [0, 0.05) is 25.7 Å². The molecule has 2 heterocycles. The van der Waals surface area contributed by atoms with Crippen LogP contribution in [0.25, 0.3) is 0 Å². The van der Waals surface area contributed by atoms with Gasteiger partial charge < -0.3 is 9.84 Å². The predicted octanol–water partition coefficient (Wildman–Crippen LogP) is 1.39. The van der Waals surface area contributed by atoms with E-state index < -0.39 is 12.6 Å². The smallest absolute Gasteiger partial charge is 0.338 e. The summed E-state index contributed by atoms with van der Waals surface area (Å²) in [5.74, 6) is -0.0664. The molecule has 1 fully saturated rings. The average molecular weight is 301 g/mol. The van der Waals surface area contributed by atoms with Crippen LogP contribution in [0.3, 0.4) is 0 Å². The third-order valence-corrected chi connectivity index (χ3v) is 2.85. The van der Waals surface area contributed by atoms with Crippen molar-refractivity contribution in [3.63, 3.8) is 0 Å². The maximum Gasteiger partial charge on any atom is 0.396 e. The van der Waals surface area contributed by atoms with Crippen LogP contribution in [0, 0.1) is 0 Å². The van der Waals surface area contributed by atoms with Crippen molar-refractivity contribution in [1.29, 1.82) is 0 Å². The Morgan fingerprint density at radius 2 is 2.21 bits per heavy atom. The van der Waals surface area contributed by atoms with Crippen molar-refractivity contribution in [2.75, 3.05) is 19.6 Å². The quantitative estimate of drug-likeness (QED) is 0.914. The fraction of sp³-hybridized carbons (Fsp3) is 0.800. The van der Waals surface area contributed by atoms with Gasteiger partial charge in [-0.25, -0.2) is 0 Å². The van der Waals surface area contributed by atoms with Gasteiger partial charge in [-0.3, -0.25) is 4.90 Å². The third-order valence-electron chi connectivity index (χ3n) is 2.85. The van der Waals surface area contributed by atoms with Gasteiger partial charge in [-0.15, -0.1) is 12.4 Å². The molecular weight excluding hydrogens is 285 g/mol. The Balaban J connectivity index is 0.00000180. The van der Waals surface area contributed by atoms with Gasteiger partial charge in [-0.1, -0.05) is 5.16 Å². The van der Waals surface area contributed by atoms with Crippen LogP contribution in [0.15, 0.2) is 4.52 Å². The van der Waals surface area contributed by atoms with Gasteiger partial charge in [-0.05, 0) is 6.92 Å². The summed E-state index contributed by atoms with van der Waals surface area (Å²) in [6.45, 7) is 4.96. The van der Waals surface area contributed by atoms with E-state index in [1.807, 2.05) is 6.92 Å². The number of nitrogens with one attached hydrogen (secondary N) is 1. The van der Waals surface area contributed by atoms with Gasteiger partial charge in [-0.2, -0.15) is 18.2 Å². The highest BCUT2D eigenvalue weighted by atomic mass is 35.5. The molecule has 0 radical (unpaired) electrons. The molecule has 1 atom stereocenters. The highest BCUT2D eigenvalue weighted by molar-refractivity contribution is 5.85. The van der Waals surface area contributed by atoms with Crippen LogP contribution in [0.2, 0.25) is 0 Å². The molecule has 9 heteroatoms. The van der Waals surface area contributed by atoms with Gasteiger partial charge >= 0.3 is 6.18 Å². The van der Waals surface area contributed by atoms with Gasteiger partial charge in [0.25, 0.3) is 0 Å². The summed E-state index contributed by atoms with van der Waals surface area (Å²) >= 11 is 0. The van der Waals surface area contributed by atoms with Gasteiger partial charge in [0.1, 0.15) is 6.42 Å². The molecule has 0 aliphatic carbocycles. The largest absolute Gasteiger partial charge is 0.396 e. The second-order valence-corrected chi connectivity index (χ2v) is 4.42. The molecule has 1 saturated heterocycles. The fourth-order valence-corrected chi connectivity index (χ4v) is 1.90. The summed E-state index contributed by atoms with van der Waals surface area (Å²) in [4.78, 5) is 5.86. The minimum absolute atomic E-state index is 0. The number of aromatic nitrogens is 2. The second kappa shape index (κ2) is 6.53. The van der Waals surface area contributed by atoms with E-state index in [9.17, 15) is 13.2 Å². The molecule has 110 valence electrons. The molecule has 0 bridgehead atoms. The van der Waals surface area contributed by atoms with E-state index in [0.29, 0.717) is 12.6 Å². The van der Waals surface area contributed by atoms with Gasteiger partial charge in [0.2, 0.25) is 5.89 Å². The van der Waals surface area contributed by atoms with E-state index in [0.717, 1.165) is 19.6 Å². The molecular formula is C10H16ClF3N4O. The zero-order valence-electron chi connectivity index (χ0n) is 10.4. The lowest BCUT2D eigenvalue weighted by molar-refractivity contribution is -0.128. The van der Waals surface area contributed by atoms with Crippen molar-refractivity contribution in [1.82, 2.24) is 20.4 Å². The summed E-state index contributed by atoms with van der Waals surface area (Å²) in [5.41, 5.74) is 0. The maximum absolute atomic E-state index is 12.1. The van der Waals surface area contributed by atoms with Crippen LogP contribution < -0.4 is 5.32 Å². The molecule has 5 nitrogen and oxygen atoms in total. The van der Waals surface area contributed by atoms with Crippen LogP contribution in [0.5, 0.6) is 0 Å². The normalized spacial score (nSPS) is 21.2. The van der Waals surface area contributed by atoms with Crippen LogP contribution in [-0.2, 0) is 13.0 Å². The molecule has 0 spiro atoms. The topological polar surface area (TPSA) is 54.2 Å². The molecule has 0 aromatic carbocycles. The lowest BCUT2D eigenvalue weighted by Gasteiger charge is -2.32. The van der Waals surface area contributed by atoms with Crippen molar-refractivity contribution in [2.45, 2.75) is 32.1 Å². The molecule has 1 aliphatic rings. The van der Waals surface area contributed by atoms with Crippen molar-refractivity contribution in [3.8, 4) is 0 Å². The van der Waals surface area contributed by atoms with E-state index in [1.165, 1.54) is 0 Å². The Morgan fingerprint density at radius 3 is 2.84 bits per heavy atom. The SMILES string of the molecule is C[C@H]1CNCCN1Cc1nc(CC(F)(F)F)no1.Cl. The lowest BCUT2D eigenvalue weighted by Crippen LogP contribution is -2.49. The van der Waals surface area contributed by atoms with Crippen molar-refractivity contribution >= 4 is 12.4 Å². The van der Waals surface area contributed by atoms with Crippen LogP contribution in [0.1, 0.15) is 18.6 Å². The molecule has 19 heavy (non-hydrogen) atoms. The van der Waals surface area contributed by atoms with Gasteiger partial charge in [0.15, 0.2) is 5.82 Å². The van der Waals surface area contributed by atoms with E-state index in [1.54, 1.807) is 0 Å². The summed E-state index contributed by atoms with van der Waals surface area (Å²) in [7, 11) is 0. The number of piperazine rings is 1. The second-order valence-electron chi connectivity index (χ2n) is 4.42. The van der Waals surface area contributed by atoms with Crippen LogP contribution in [-0.4, -0.2) is 46.9 Å². The summed E-state index contributed by atoms with van der Waals surface area (Å²) in [5, 5.41) is 6.57. The van der Waals surface area contributed by atoms with E-state index in [-0.39, 0.29) is 24.1 Å². The molecule has 1 N–H and O–H groups in total. The molecule has 1 aromatic heterocycles. The standard InChI is InChI=1S/C10H15F3N4O.ClH/c1-7-5-14-2-3-17(7)6-9-15-8(16-18-9)4-10(11,12)13;/h7,14H,2-6H2,1H3;1H/t7-;/m0./s1. The Labute approximate surface area is 114 Å². The first kappa shape index (κ1) is 16.2. The number of rotatable bonds is 3. The predicted molar refractivity (Wildman–Crippen MR) is 64.0 cm³/mol. The summed E-state index contributed by atoms with van der Waals surface area (Å²) in [6, 6.07) is 0.303. The number of hydrogen-bond donors (Lipinski definition) is 1. The number of halogens is 4. The monoisotopic (exact) mass is 300 g/mol. The molecule has 0 saturated carbocycles. The molecule has 2 rings (SSSR count). The molecule has 1 aliphatic heterocycles. The Kier molecular flexibility index (Phi) is 5.57. The molecule has 1 aromatic rings. The van der Waals surface area contributed by atoms with Crippen LogP contribution >= 0.6 is 12.4 Å².